The summed E-state index contributed by atoms with van der Waals surface area (Å²) >= 11 is 17.4. The molecule has 0 amide bonds. The normalized spacial score (nSPS) is 27.3. The Balaban J connectivity index is 2.37. The molecule has 0 aromatic carbocycles. The Morgan fingerprint density at radius 3 is 2.46 bits per heavy atom. The van der Waals surface area contributed by atoms with Crippen LogP contribution in [0.2, 0.25) is 0 Å². The average molecular weight is 239 g/mol. The molecule has 0 bridgehead atoms. The Bertz CT molecular complexity index is 305. The number of aromatic nitrogens is 1. The summed E-state index contributed by atoms with van der Waals surface area (Å²) in [6.07, 6.45) is 1.65. The van der Waals surface area contributed by atoms with Crippen molar-refractivity contribution in [1.82, 2.24) is 4.98 Å². The molecule has 0 radical (unpaired) electrons. The highest BCUT2D eigenvalue weighted by Gasteiger charge is 2.62. The molecule has 70 valence electrons. The molecular formula is C8H6Cl3NO. The first-order chi connectivity index (χ1) is 6.06. The van der Waals surface area contributed by atoms with Crippen LogP contribution in [-0.2, 0) is 10.3 Å². The molecule has 0 spiro atoms. The number of rotatable bonds is 1. The second-order valence-corrected chi connectivity index (χ2v) is 5.11. The predicted octanol–water partition coefficient (Wildman–Crippen LogP) is 2.68. The Hall–Kier alpha value is -0.0200. The number of epoxide rings is 1. The van der Waals surface area contributed by atoms with Crippen LogP contribution in [0.1, 0.15) is 5.69 Å². The van der Waals surface area contributed by atoms with E-state index in [-0.39, 0.29) is 0 Å². The van der Waals surface area contributed by atoms with Gasteiger partial charge in [0.1, 0.15) is 0 Å². The number of nitrogens with zero attached hydrogens (tertiary/aromatic N) is 1. The lowest BCUT2D eigenvalue weighted by Crippen LogP contribution is -2.27. The third kappa shape index (κ3) is 1.52. The number of ether oxygens (including phenoxy) is 1. The van der Waals surface area contributed by atoms with Crippen molar-refractivity contribution < 1.29 is 4.74 Å². The fourth-order valence-electron chi connectivity index (χ4n) is 1.13. The van der Waals surface area contributed by atoms with Gasteiger partial charge in [0.2, 0.25) is 3.79 Å². The van der Waals surface area contributed by atoms with E-state index in [1.54, 1.807) is 18.3 Å². The van der Waals surface area contributed by atoms with Crippen LogP contribution in [0.15, 0.2) is 24.4 Å². The van der Waals surface area contributed by atoms with Crippen molar-refractivity contribution in [2.45, 2.75) is 9.39 Å². The van der Waals surface area contributed by atoms with E-state index in [0.29, 0.717) is 12.3 Å². The molecule has 2 nitrogen and oxygen atoms in total. The van der Waals surface area contributed by atoms with Gasteiger partial charge in [0.15, 0.2) is 5.60 Å². The topological polar surface area (TPSA) is 25.4 Å². The first-order valence-electron chi connectivity index (χ1n) is 3.68. The molecule has 1 saturated heterocycles. The van der Waals surface area contributed by atoms with Gasteiger partial charge < -0.3 is 4.74 Å². The van der Waals surface area contributed by atoms with E-state index in [2.05, 4.69) is 4.98 Å². The average Bonchev–Trinajstić information content (AvgIpc) is 2.84. The highest BCUT2D eigenvalue weighted by molar-refractivity contribution is 6.68. The van der Waals surface area contributed by atoms with Crippen LogP contribution in [0.3, 0.4) is 0 Å². The lowest BCUT2D eigenvalue weighted by atomic mass is 10.1. The summed E-state index contributed by atoms with van der Waals surface area (Å²) in [6.45, 7) is 0.403. The molecule has 2 heterocycles. The van der Waals surface area contributed by atoms with E-state index < -0.39 is 9.39 Å². The van der Waals surface area contributed by atoms with Crippen LogP contribution in [0.4, 0.5) is 0 Å². The minimum atomic E-state index is -1.46. The molecule has 0 N–H and O–H groups in total. The van der Waals surface area contributed by atoms with Crippen LogP contribution < -0.4 is 0 Å². The largest absolute Gasteiger partial charge is 0.358 e. The van der Waals surface area contributed by atoms with E-state index in [9.17, 15) is 0 Å². The highest BCUT2D eigenvalue weighted by atomic mass is 35.6. The zero-order chi connectivity index (χ0) is 9.53. The zero-order valence-electron chi connectivity index (χ0n) is 6.51. The predicted molar refractivity (Wildman–Crippen MR) is 52.2 cm³/mol. The second-order valence-electron chi connectivity index (χ2n) is 2.83. The standard InChI is InChI=1S/C8H6Cl3NO/c9-8(10,11)7(5-13-7)6-3-1-2-4-12-6/h1-4H,5H2. The third-order valence-corrected chi connectivity index (χ3v) is 2.89. The first kappa shape index (κ1) is 9.53. The number of halogens is 3. The van der Waals surface area contributed by atoms with Gasteiger partial charge in [0, 0.05) is 6.20 Å². The molecule has 1 unspecified atom stereocenters. The molecule has 13 heavy (non-hydrogen) atoms. The molecule has 0 aliphatic carbocycles. The molecule has 1 aliphatic heterocycles. The van der Waals surface area contributed by atoms with Crippen molar-refractivity contribution in [2.75, 3.05) is 6.61 Å². The van der Waals surface area contributed by atoms with Crippen LogP contribution in [-0.4, -0.2) is 15.4 Å². The Morgan fingerprint density at radius 1 is 1.38 bits per heavy atom. The van der Waals surface area contributed by atoms with E-state index >= 15 is 0 Å². The Labute approximate surface area is 90.8 Å². The van der Waals surface area contributed by atoms with Gasteiger partial charge in [-0.1, -0.05) is 40.9 Å². The van der Waals surface area contributed by atoms with E-state index in [0.717, 1.165) is 0 Å². The molecule has 1 fully saturated rings. The van der Waals surface area contributed by atoms with Crippen LogP contribution in [0.5, 0.6) is 0 Å². The van der Waals surface area contributed by atoms with Gasteiger partial charge in [-0.05, 0) is 12.1 Å². The van der Waals surface area contributed by atoms with Gasteiger partial charge in [-0.25, -0.2) is 0 Å². The maximum absolute atomic E-state index is 5.79. The van der Waals surface area contributed by atoms with Crippen molar-refractivity contribution in [3.8, 4) is 0 Å². The number of alkyl halides is 3. The van der Waals surface area contributed by atoms with E-state index in [1.807, 2.05) is 6.07 Å². The van der Waals surface area contributed by atoms with E-state index in [1.165, 1.54) is 0 Å². The van der Waals surface area contributed by atoms with Crippen molar-refractivity contribution in [1.29, 1.82) is 0 Å². The maximum atomic E-state index is 5.79. The summed E-state index contributed by atoms with van der Waals surface area (Å²) in [5.41, 5.74) is -0.172. The van der Waals surface area contributed by atoms with Crippen molar-refractivity contribution in [3.05, 3.63) is 30.1 Å². The van der Waals surface area contributed by atoms with Gasteiger partial charge >= 0.3 is 0 Å². The molecular weight excluding hydrogens is 232 g/mol. The molecule has 0 saturated carbocycles. The van der Waals surface area contributed by atoms with Gasteiger partial charge in [-0.15, -0.1) is 0 Å². The summed E-state index contributed by atoms with van der Waals surface area (Å²) in [5, 5.41) is 0. The fourth-order valence-corrected chi connectivity index (χ4v) is 1.75. The summed E-state index contributed by atoms with van der Waals surface area (Å²) in [5.74, 6) is 0. The minimum Gasteiger partial charge on any atom is -0.358 e. The van der Waals surface area contributed by atoms with Crippen LogP contribution in [0.25, 0.3) is 0 Å². The van der Waals surface area contributed by atoms with E-state index in [4.69, 9.17) is 39.5 Å². The Morgan fingerprint density at radius 2 is 2.08 bits per heavy atom. The van der Waals surface area contributed by atoms with Gasteiger partial charge in [0.05, 0.1) is 12.3 Å². The third-order valence-electron chi connectivity index (χ3n) is 1.97. The summed E-state index contributed by atoms with van der Waals surface area (Å²) < 4.78 is 3.73. The number of pyridine rings is 1. The van der Waals surface area contributed by atoms with Crippen LogP contribution in [0, 0.1) is 0 Å². The summed E-state index contributed by atoms with van der Waals surface area (Å²) in [6, 6.07) is 5.43. The molecule has 1 atom stereocenters. The monoisotopic (exact) mass is 237 g/mol. The SMILES string of the molecule is ClC(Cl)(Cl)C1(c2ccccn2)CO1. The Kier molecular flexibility index (Phi) is 2.19. The maximum Gasteiger partial charge on any atom is 0.227 e. The number of hydrogen-bond donors (Lipinski definition) is 0. The minimum absolute atomic E-state index is 0.403. The summed E-state index contributed by atoms with van der Waals surface area (Å²) in [7, 11) is 0. The lowest BCUT2D eigenvalue weighted by molar-refractivity contribution is 0.305. The van der Waals surface area contributed by atoms with Crippen molar-refractivity contribution in [3.63, 3.8) is 0 Å². The highest BCUT2D eigenvalue weighted by Crippen LogP contribution is 2.55. The van der Waals surface area contributed by atoms with Gasteiger partial charge in [-0.2, -0.15) is 0 Å². The van der Waals surface area contributed by atoms with Crippen molar-refractivity contribution >= 4 is 34.8 Å². The second kappa shape index (κ2) is 2.99. The molecule has 1 aromatic rings. The molecule has 5 heteroatoms. The smallest absolute Gasteiger partial charge is 0.227 e. The quantitative estimate of drug-likeness (QED) is 0.555. The fraction of sp³-hybridized carbons (Fsp3) is 0.375. The van der Waals surface area contributed by atoms with Crippen molar-refractivity contribution in [2.24, 2.45) is 0 Å². The molecule has 2 rings (SSSR count). The lowest BCUT2D eigenvalue weighted by Gasteiger charge is -2.19. The van der Waals surface area contributed by atoms with Gasteiger partial charge in [0.25, 0.3) is 0 Å². The number of hydrogen-bond acceptors (Lipinski definition) is 2. The molecule has 1 aliphatic rings. The van der Waals surface area contributed by atoms with Gasteiger partial charge in [-0.3, -0.25) is 4.98 Å². The summed E-state index contributed by atoms with van der Waals surface area (Å²) in [4.78, 5) is 4.10. The first-order valence-corrected chi connectivity index (χ1v) is 4.82. The molecule has 1 aromatic heterocycles. The van der Waals surface area contributed by atoms with Crippen LogP contribution >= 0.6 is 34.8 Å². The zero-order valence-corrected chi connectivity index (χ0v) is 8.77.